The largest absolute Gasteiger partial charge is 0.496 e. The van der Waals surface area contributed by atoms with Crippen LogP contribution < -0.4 is 10.1 Å². The van der Waals surface area contributed by atoms with Crippen LogP contribution in [0.2, 0.25) is 0 Å². The first kappa shape index (κ1) is 10.1. The number of hydrogen-bond donors (Lipinski definition) is 1. The van der Waals surface area contributed by atoms with Gasteiger partial charge in [0.2, 0.25) is 0 Å². The highest BCUT2D eigenvalue weighted by molar-refractivity contribution is 6.52. The highest BCUT2D eigenvalue weighted by Crippen LogP contribution is 2.36. The normalized spacial score (nSPS) is 13.3. The third-order valence-electron chi connectivity index (χ3n) is 2.21. The number of nitro benzene ring substituents is 1. The summed E-state index contributed by atoms with van der Waals surface area (Å²) in [7, 11) is 1.32. The second-order valence-electron chi connectivity index (χ2n) is 3.11. The molecule has 0 saturated carbocycles. The van der Waals surface area contributed by atoms with Crippen molar-refractivity contribution in [2.75, 3.05) is 12.4 Å². The number of nitrogens with one attached hydrogen (secondary N) is 1. The molecule has 1 aromatic rings. The number of carbonyl (C=O) groups is 2. The zero-order valence-corrected chi connectivity index (χ0v) is 8.14. The standard InChI is InChI=1S/C9H6N2O5/c1-16-4-2-5-7(6(3-4)11(14)15)10-9(13)8(5)12/h2-3H,1H3,(H,10,12,13). The summed E-state index contributed by atoms with van der Waals surface area (Å²) in [5.74, 6) is -1.50. The van der Waals surface area contributed by atoms with Crippen LogP contribution in [0.4, 0.5) is 11.4 Å². The zero-order chi connectivity index (χ0) is 11.9. The fourth-order valence-corrected chi connectivity index (χ4v) is 1.47. The molecule has 1 aliphatic heterocycles. The molecule has 0 saturated heterocycles. The number of ether oxygens (including phenoxy) is 1. The number of methoxy groups -OCH3 is 1. The van der Waals surface area contributed by atoms with Crippen molar-refractivity contribution >= 4 is 23.1 Å². The Morgan fingerprint density at radius 3 is 2.62 bits per heavy atom. The van der Waals surface area contributed by atoms with E-state index in [4.69, 9.17) is 4.74 Å². The molecule has 1 N–H and O–H groups in total. The number of hydrogen-bond acceptors (Lipinski definition) is 5. The maximum Gasteiger partial charge on any atom is 0.297 e. The lowest BCUT2D eigenvalue weighted by Gasteiger charge is -2.03. The van der Waals surface area contributed by atoms with E-state index in [-0.39, 0.29) is 22.7 Å². The van der Waals surface area contributed by atoms with Crippen LogP contribution in [0.5, 0.6) is 5.75 Å². The Balaban J connectivity index is 2.70. The van der Waals surface area contributed by atoms with Crippen molar-refractivity contribution in [2.45, 2.75) is 0 Å². The fourth-order valence-electron chi connectivity index (χ4n) is 1.47. The molecule has 2 rings (SSSR count). The maximum atomic E-state index is 11.3. The first-order chi connectivity index (χ1) is 7.54. The van der Waals surface area contributed by atoms with Gasteiger partial charge in [0.25, 0.3) is 17.4 Å². The van der Waals surface area contributed by atoms with E-state index in [9.17, 15) is 19.7 Å². The number of anilines is 1. The van der Waals surface area contributed by atoms with Crippen LogP contribution in [0, 0.1) is 10.1 Å². The summed E-state index contributed by atoms with van der Waals surface area (Å²) in [5, 5.41) is 12.9. The summed E-state index contributed by atoms with van der Waals surface area (Å²) in [5.41, 5.74) is -0.453. The first-order valence-electron chi connectivity index (χ1n) is 4.26. The molecule has 16 heavy (non-hydrogen) atoms. The van der Waals surface area contributed by atoms with Crippen molar-refractivity contribution < 1.29 is 19.2 Å². The van der Waals surface area contributed by atoms with E-state index in [0.717, 1.165) is 6.07 Å². The zero-order valence-electron chi connectivity index (χ0n) is 8.14. The van der Waals surface area contributed by atoms with Gasteiger partial charge in [-0.25, -0.2) is 0 Å². The average molecular weight is 222 g/mol. The second-order valence-corrected chi connectivity index (χ2v) is 3.11. The van der Waals surface area contributed by atoms with E-state index in [1.54, 1.807) is 0 Å². The van der Waals surface area contributed by atoms with Crippen molar-refractivity contribution in [1.82, 2.24) is 0 Å². The minimum absolute atomic E-state index is 0.0314. The Labute approximate surface area is 89.2 Å². The lowest BCUT2D eigenvalue weighted by Crippen LogP contribution is -2.12. The third-order valence-corrected chi connectivity index (χ3v) is 2.21. The molecule has 1 amide bonds. The number of fused-ring (bicyclic) bond motifs is 1. The van der Waals surface area contributed by atoms with Crippen LogP contribution >= 0.6 is 0 Å². The van der Waals surface area contributed by atoms with Crippen molar-refractivity contribution in [2.24, 2.45) is 0 Å². The summed E-state index contributed by atoms with van der Waals surface area (Å²) < 4.78 is 4.82. The third kappa shape index (κ3) is 1.29. The van der Waals surface area contributed by atoms with E-state index in [1.807, 2.05) is 0 Å². The Kier molecular flexibility index (Phi) is 2.08. The molecule has 0 atom stereocenters. The molecule has 1 heterocycles. The van der Waals surface area contributed by atoms with Gasteiger partial charge in [0.15, 0.2) is 0 Å². The quantitative estimate of drug-likeness (QED) is 0.452. The molecule has 7 heteroatoms. The summed E-state index contributed by atoms with van der Waals surface area (Å²) in [6.07, 6.45) is 0. The highest BCUT2D eigenvalue weighted by atomic mass is 16.6. The van der Waals surface area contributed by atoms with Crippen LogP contribution in [0.25, 0.3) is 0 Å². The smallest absolute Gasteiger partial charge is 0.297 e. The number of amides is 1. The average Bonchev–Trinajstić information content (AvgIpc) is 2.54. The van der Waals surface area contributed by atoms with Gasteiger partial charge >= 0.3 is 0 Å². The number of rotatable bonds is 2. The lowest BCUT2D eigenvalue weighted by atomic mass is 10.1. The SMILES string of the molecule is COc1cc2c(c([N+](=O)[O-])c1)NC(=O)C2=O. The van der Waals surface area contributed by atoms with Gasteiger partial charge in [0.05, 0.1) is 23.7 Å². The number of carbonyl (C=O) groups excluding carboxylic acids is 2. The van der Waals surface area contributed by atoms with Crippen molar-refractivity contribution in [3.05, 3.63) is 27.8 Å². The number of Topliss-reactive ketones (excluding diaryl/α,β-unsaturated/α-hetero) is 1. The van der Waals surface area contributed by atoms with Crippen LogP contribution in [0.3, 0.4) is 0 Å². The van der Waals surface area contributed by atoms with Crippen LogP contribution in [-0.4, -0.2) is 23.7 Å². The second kappa shape index (κ2) is 3.30. The molecule has 0 spiro atoms. The van der Waals surface area contributed by atoms with Gasteiger partial charge in [0.1, 0.15) is 11.4 Å². The van der Waals surface area contributed by atoms with E-state index in [1.165, 1.54) is 13.2 Å². The minimum atomic E-state index is -0.869. The molecule has 0 bridgehead atoms. The first-order valence-corrected chi connectivity index (χ1v) is 4.26. The molecule has 0 aliphatic carbocycles. The Morgan fingerprint density at radius 1 is 1.38 bits per heavy atom. The Morgan fingerprint density at radius 2 is 2.06 bits per heavy atom. The maximum absolute atomic E-state index is 11.3. The molecule has 0 radical (unpaired) electrons. The Hall–Kier alpha value is -2.44. The molecule has 0 unspecified atom stereocenters. The van der Waals surface area contributed by atoms with E-state index in [2.05, 4.69) is 5.32 Å². The van der Waals surface area contributed by atoms with Gasteiger partial charge in [0, 0.05) is 0 Å². The minimum Gasteiger partial charge on any atom is -0.496 e. The fraction of sp³-hybridized carbons (Fsp3) is 0.111. The predicted octanol–water partition coefficient (Wildman–Crippen LogP) is 0.738. The summed E-state index contributed by atoms with van der Waals surface area (Å²) in [6.45, 7) is 0. The summed E-state index contributed by atoms with van der Waals surface area (Å²) >= 11 is 0. The number of ketones is 1. The van der Waals surface area contributed by atoms with Crippen molar-refractivity contribution in [1.29, 1.82) is 0 Å². The van der Waals surface area contributed by atoms with Crippen LogP contribution in [0.1, 0.15) is 10.4 Å². The van der Waals surface area contributed by atoms with Gasteiger partial charge < -0.3 is 10.1 Å². The lowest BCUT2D eigenvalue weighted by molar-refractivity contribution is -0.384. The molecular formula is C9H6N2O5. The number of benzene rings is 1. The van der Waals surface area contributed by atoms with Crippen molar-refractivity contribution in [3.63, 3.8) is 0 Å². The highest BCUT2D eigenvalue weighted by Gasteiger charge is 2.35. The van der Waals surface area contributed by atoms with Gasteiger partial charge in [-0.05, 0) is 6.07 Å². The van der Waals surface area contributed by atoms with Gasteiger partial charge in [-0.15, -0.1) is 0 Å². The van der Waals surface area contributed by atoms with Gasteiger partial charge in [-0.3, -0.25) is 19.7 Å². The summed E-state index contributed by atoms with van der Waals surface area (Å²) in [4.78, 5) is 32.5. The molecule has 7 nitrogen and oxygen atoms in total. The number of nitrogens with zero attached hydrogens (tertiary/aromatic N) is 1. The van der Waals surface area contributed by atoms with E-state index < -0.39 is 16.6 Å². The topological polar surface area (TPSA) is 98.5 Å². The molecule has 82 valence electrons. The molecule has 0 fully saturated rings. The van der Waals surface area contributed by atoms with E-state index >= 15 is 0 Å². The molecular weight excluding hydrogens is 216 g/mol. The van der Waals surface area contributed by atoms with Crippen molar-refractivity contribution in [3.8, 4) is 5.75 Å². The van der Waals surface area contributed by atoms with Gasteiger partial charge in [-0.1, -0.05) is 0 Å². The molecule has 1 aliphatic rings. The monoisotopic (exact) mass is 222 g/mol. The molecule has 1 aromatic carbocycles. The van der Waals surface area contributed by atoms with Crippen LogP contribution in [0.15, 0.2) is 12.1 Å². The van der Waals surface area contributed by atoms with E-state index in [0.29, 0.717) is 0 Å². The summed E-state index contributed by atoms with van der Waals surface area (Å²) in [6, 6.07) is 2.44. The molecule has 0 aromatic heterocycles. The van der Waals surface area contributed by atoms with Crippen LogP contribution in [-0.2, 0) is 4.79 Å². The predicted molar refractivity (Wildman–Crippen MR) is 52.6 cm³/mol. The van der Waals surface area contributed by atoms with Gasteiger partial charge in [-0.2, -0.15) is 0 Å². The number of nitro groups is 1. The Bertz CT molecular complexity index is 523.